The molecule has 2 aromatic rings. The number of piperazine rings is 1. The lowest BCUT2D eigenvalue weighted by atomic mass is 10.2. The molecule has 1 fully saturated rings. The van der Waals surface area contributed by atoms with E-state index in [0.29, 0.717) is 10.8 Å². The molecule has 1 aromatic carbocycles. The van der Waals surface area contributed by atoms with Gasteiger partial charge in [-0.3, -0.25) is 4.79 Å². The first-order valence-corrected chi connectivity index (χ1v) is 8.72. The van der Waals surface area contributed by atoms with Gasteiger partial charge in [0.2, 0.25) is 0 Å². The summed E-state index contributed by atoms with van der Waals surface area (Å²) in [4.78, 5) is 20.0. The van der Waals surface area contributed by atoms with E-state index in [1.807, 2.05) is 19.1 Å². The number of rotatable bonds is 4. The number of nitrogens with one attached hydrogen (secondary N) is 2. The number of phenols is 1. The minimum absolute atomic E-state index is 0.0528. The number of aromatic nitrogens is 1. The molecule has 0 unspecified atom stereocenters. The third kappa shape index (κ3) is 4.21. The van der Waals surface area contributed by atoms with Crippen molar-refractivity contribution >= 4 is 28.9 Å². The summed E-state index contributed by atoms with van der Waals surface area (Å²) < 4.78 is 0. The van der Waals surface area contributed by atoms with Crippen LogP contribution < -0.4 is 15.1 Å². The Morgan fingerprint density at radius 2 is 1.96 bits per heavy atom. The fourth-order valence-electron chi connectivity index (χ4n) is 3.05. The molecule has 1 aliphatic heterocycles. The second-order valence-electron chi connectivity index (χ2n) is 6.21. The van der Waals surface area contributed by atoms with Crippen LogP contribution in [-0.2, 0) is 4.79 Å². The van der Waals surface area contributed by atoms with Gasteiger partial charge in [0.25, 0.3) is 5.91 Å². The lowest BCUT2D eigenvalue weighted by Crippen LogP contribution is -3.19. The fraction of sp³-hybridized carbons (Fsp3) is 0.333. The van der Waals surface area contributed by atoms with Crippen LogP contribution in [0.25, 0.3) is 0 Å². The van der Waals surface area contributed by atoms with Crippen LogP contribution in [0.3, 0.4) is 0 Å². The van der Waals surface area contributed by atoms with Gasteiger partial charge >= 0.3 is 0 Å². The van der Waals surface area contributed by atoms with Crippen molar-refractivity contribution in [3.05, 3.63) is 47.7 Å². The number of benzene rings is 1. The van der Waals surface area contributed by atoms with Gasteiger partial charge in [-0.25, -0.2) is 4.98 Å². The minimum atomic E-state index is -0.168. The SMILES string of the molecule is C[C@H](C(=O)Nc1cccnc1Cl)[NH+]1CCN(c2ccc(O)cc2)CC1. The number of quaternary nitrogens is 1. The largest absolute Gasteiger partial charge is 0.508 e. The summed E-state index contributed by atoms with van der Waals surface area (Å²) >= 11 is 6.00. The molecule has 0 saturated carbocycles. The molecule has 1 amide bonds. The lowest BCUT2D eigenvalue weighted by Gasteiger charge is -2.36. The van der Waals surface area contributed by atoms with Gasteiger partial charge in [0.15, 0.2) is 11.2 Å². The number of aromatic hydroxyl groups is 1. The van der Waals surface area contributed by atoms with E-state index >= 15 is 0 Å². The maximum absolute atomic E-state index is 12.5. The predicted molar refractivity (Wildman–Crippen MR) is 98.4 cm³/mol. The van der Waals surface area contributed by atoms with Crippen LogP contribution in [0.5, 0.6) is 5.75 Å². The van der Waals surface area contributed by atoms with Gasteiger partial charge in [-0.2, -0.15) is 0 Å². The summed E-state index contributed by atoms with van der Waals surface area (Å²) in [5.74, 6) is 0.218. The summed E-state index contributed by atoms with van der Waals surface area (Å²) in [6.45, 7) is 5.41. The molecular weight excluding hydrogens is 340 g/mol. The van der Waals surface area contributed by atoms with E-state index in [9.17, 15) is 9.90 Å². The van der Waals surface area contributed by atoms with Crippen LogP contribution in [0.1, 0.15) is 6.92 Å². The number of phenolic OH excluding ortho intramolecular Hbond substituents is 1. The van der Waals surface area contributed by atoms with E-state index in [4.69, 9.17) is 11.6 Å². The highest BCUT2D eigenvalue weighted by Gasteiger charge is 2.29. The molecule has 25 heavy (non-hydrogen) atoms. The van der Waals surface area contributed by atoms with Gasteiger partial charge < -0.3 is 20.2 Å². The van der Waals surface area contributed by atoms with Crippen LogP contribution in [0.15, 0.2) is 42.6 Å². The number of hydrogen-bond acceptors (Lipinski definition) is 4. The van der Waals surface area contributed by atoms with E-state index in [0.717, 1.165) is 31.9 Å². The monoisotopic (exact) mass is 361 g/mol. The molecule has 1 aliphatic rings. The molecule has 6 nitrogen and oxygen atoms in total. The molecule has 0 spiro atoms. The highest BCUT2D eigenvalue weighted by atomic mass is 35.5. The first-order valence-electron chi connectivity index (χ1n) is 8.34. The number of hydrogen-bond donors (Lipinski definition) is 3. The molecule has 2 heterocycles. The number of carbonyl (C=O) groups is 1. The first kappa shape index (κ1) is 17.5. The second kappa shape index (κ2) is 7.72. The number of pyridine rings is 1. The zero-order valence-electron chi connectivity index (χ0n) is 14.1. The molecule has 0 radical (unpaired) electrons. The summed E-state index contributed by atoms with van der Waals surface area (Å²) in [5, 5.41) is 12.6. The quantitative estimate of drug-likeness (QED) is 0.715. The standard InChI is InChI=1S/C18H21ClN4O2/c1-13(18(25)21-16-3-2-8-20-17(16)19)22-9-11-23(12-10-22)14-4-6-15(24)7-5-14/h2-8,13,24H,9-12H2,1H3,(H,21,25)/p+1/t13-/m1/s1. The number of anilines is 2. The predicted octanol–water partition coefficient (Wildman–Crippen LogP) is 1.17. The van der Waals surface area contributed by atoms with Crippen LogP contribution in [0.2, 0.25) is 5.15 Å². The molecule has 3 rings (SSSR count). The van der Waals surface area contributed by atoms with E-state index < -0.39 is 0 Å². The topological polar surface area (TPSA) is 69.9 Å². The highest BCUT2D eigenvalue weighted by molar-refractivity contribution is 6.32. The summed E-state index contributed by atoms with van der Waals surface area (Å²) in [6, 6.07) is 10.6. The Balaban J connectivity index is 1.56. The molecule has 1 saturated heterocycles. The molecule has 7 heteroatoms. The van der Waals surface area contributed by atoms with Crippen LogP contribution in [-0.4, -0.2) is 48.2 Å². The molecule has 1 aromatic heterocycles. The zero-order chi connectivity index (χ0) is 17.8. The normalized spacial score (nSPS) is 16.5. The van der Waals surface area contributed by atoms with Gasteiger partial charge in [-0.05, 0) is 43.3 Å². The third-order valence-electron chi connectivity index (χ3n) is 4.64. The van der Waals surface area contributed by atoms with Crippen molar-refractivity contribution in [3.63, 3.8) is 0 Å². The fourth-order valence-corrected chi connectivity index (χ4v) is 3.22. The Kier molecular flexibility index (Phi) is 5.40. The van der Waals surface area contributed by atoms with Gasteiger partial charge in [0.05, 0.1) is 31.9 Å². The van der Waals surface area contributed by atoms with E-state index in [1.54, 1.807) is 30.5 Å². The number of carbonyl (C=O) groups excluding carboxylic acids is 1. The van der Waals surface area contributed by atoms with Crippen molar-refractivity contribution in [2.75, 3.05) is 36.4 Å². The maximum Gasteiger partial charge on any atom is 0.282 e. The summed E-state index contributed by atoms with van der Waals surface area (Å²) in [6.07, 6.45) is 1.59. The van der Waals surface area contributed by atoms with Crippen LogP contribution in [0, 0.1) is 0 Å². The average molecular weight is 362 g/mol. The van der Waals surface area contributed by atoms with E-state index in [2.05, 4.69) is 15.2 Å². The van der Waals surface area contributed by atoms with Crippen molar-refractivity contribution in [2.45, 2.75) is 13.0 Å². The number of amides is 1. The summed E-state index contributed by atoms with van der Waals surface area (Å²) in [7, 11) is 0. The second-order valence-corrected chi connectivity index (χ2v) is 6.57. The van der Waals surface area contributed by atoms with Gasteiger partial charge in [0, 0.05) is 11.9 Å². The molecular formula is C18H22ClN4O2+. The Bertz CT molecular complexity index is 730. The van der Waals surface area contributed by atoms with Crippen molar-refractivity contribution in [1.82, 2.24) is 4.98 Å². The minimum Gasteiger partial charge on any atom is -0.508 e. The Morgan fingerprint density at radius 3 is 2.60 bits per heavy atom. The maximum atomic E-state index is 12.5. The van der Waals surface area contributed by atoms with Crippen LogP contribution >= 0.6 is 11.6 Å². The first-order chi connectivity index (χ1) is 12.0. The van der Waals surface area contributed by atoms with Crippen molar-refractivity contribution in [1.29, 1.82) is 0 Å². The average Bonchev–Trinajstić information content (AvgIpc) is 2.64. The van der Waals surface area contributed by atoms with E-state index in [-0.39, 0.29) is 17.7 Å². The molecule has 3 N–H and O–H groups in total. The third-order valence-corrected chi connectivity index (χ3v) is 4.94. The molecule has 132 valence electrons. The van der Waals surface area contributed by atoms with E-state index in [1.165, 1.54) is 4.90 Å². The number of halogens is 1. The Hall–Kier alpha value is -2.31. The van der Waals surface area contributed by atoms with Crippen molar-refractivity contribution in [3.8, 4) is 5.75 Å². The Morgan fingerprint density at radius 1 is 1.28 bits per heavy atom. The lowest BCUT2D eigenvalue weighted by molar-refractivity contribution is -0.914. The zero-order valence-corrected chi connectivity index (χ0v) is 14.8. The molecule has 0 aliphatic carbocycles. The number of nitrogens with zero attached hydrogens (tertiary/aromatic N) is 2. The van der Waals surface area contributed by atoms with Gasteiger partial charge in [0.1, 0.15) is 5.75 Å². The molecule has 0 bridgehead atoms. The van der Waals surface area contributed by atoms with Gasteiger partial charge in [-0.1, -0.05) is 11.6 Å². The van der Waals surface area contributed by atoms with Crippen molar-refractivity contribution in [2.24, 2.45) is 0 Å². The summed E-state index contributed by atoms with van der Waals surface area (Å²) in [5.41, 5.74) is 1.64. The molecule has 1 atom stereocenters. The van der Waals surface area contributed by atoms with Crippen molar-refractivity contribution < 1.29 is 14.8 Å². The highest BCUT2D eigenvalue weighted by Crippen LogP contribution is 2.19. The van der Waals surface area contributed by atoms with Crippen LogP contribution in [0.4, 0.5) is 11.4 Å². The van der Waals surface area contributed by atoms with Gasteiger partial charge in [-0.15, -0.1) is 0 Å². The Labute approximate surface area is 152 Å². The smallest absolute Gasteiger partial charge is 0.282 e.